The van der Waals surface area contributed by atoms with Crippen LogP contribution in [0.2, 0.25) is 0 Å². The second-order valence-corrected chi connectivity index (χ2v) is 13.5. The molecule has 2 aromatic heterocycles. The number of rotatable bonds is 2. The fraction of sp³-hybridized carbons (Fsp3) is 0.167. The zero-order valence-corrected chi connectivity index (χ0v) is 24.8. The topological polar surface area (TPSA) is 28.3 Å². The van der Waals surface area contributed by atoms with Gasteiger partial charge in [-0.05, 0) is 68.9 Å². The van der Waals surface area contributed by atoms with Crippen molar-refractivity contribution in [3.8, 4) is 11.4 Å². The van der Waals surface area contributed by atoms with Crippen LogP contribution in [0.5, 0.6) is 0 Å². The van der Waals surface area contributed by atoms with Gasteiger partial charge in [0.25, 0.3) is 0 Å². The number of hydrogen-bond donors (Lipinski definition) is 0. The van der Waals surface area contributed by atoms with Crippen LogP contribution in [0.15, 0.2) is 113 Å². The summed E-state index contributed by atoms with van der Waals surface area (Å²) in [5.74, 6) is 0. The second kappa shape index (κ2) is 8.32. The lowest BCUT2D eigenvalue weighted by atomic mass is 9.76. The molecule has 6 heteroatoms. The Kier molecular flexibility index (Phi) is 4.88. The maximum atomic E-state index is 6.53. The molecule has 2 aliphatic rings. The molecule has 5 aromatic carbocycles. The average Bonchev–Trinajstić information content (AvgIpc) is 3.58. The van der Waals surface area contributed by atoms with Crippen molar-refractivity contribution in [1.82, 2.24) is 9.13 Å². The van der Waals surface area contributed by atoms with Gasteiger partial charge in [0.05, 0.1) is 33.6 Å². The minimum atomic E-state index is -0.432. The van der Waals surface area contributed by atoms with Crippen LogP contribution in [-0.4, -0.2) is 27.5 Å². The highest BCUT2D eigenvalue weighted by Crippen LogP contribution is 2.49. The van der Waals surface area contributed by atoms with Gasteiger partial charge in [-0.15, -0.1) is 0 Å². The number of hydrogen-bond acceptors (Lipinski definition) is 3. The molecule has 0 unspecified atom stereocenters. The highest BCUT2D eigenvalue weighted by Gasteiger charge is 2.52. The van der Waals surface area contributed by atoms with Crippen LogP contribution >= 0.6 is 11.8 Å². The van der Waals surface area contributed by atoms with E-state index in [0.29, 0.717) is 0 Å². The van der Waals surface area contributed by atoms with Gasteiger partial charge in [-0.2, -0.15) is 0 Å². The van der Waals surface area contributed by atoms with E-state index in [0.717, 1.165) is 16.5 Å². The minimum Gasteiger partial charge on any atom is -0.399 e. The van der Waals surface area contributed by atoms with E-state index in [4.69, 9.17) is 9.31 Å². The SMILES string of the molecule is CC1(C)OB(c2ccc(-n3c4ccccc4c4c5cccc6c5n(c43)-c3ccccc3S6)c3ccccc23)OC1(C)C. The van der Waals surface area contributed by atoms with Gasteiger partial charge in [-0.1, -0.05) is 84.6 Å². The summed E-state index contributed by atoms with van der Waals surface area (Å²) in [6.07, 6.45) is 0. The van der Waals surface area contributed by atoms with Crippen molar-refractivity contribution in [2.75, 3.05) is 0 Å². The average molecular weight is 565 g/mol. The Hall–Kier alpha value is -3.97. The monoisotopic (exact) mass is 564 g/mol. The lowest BCUT2D eigenvalue weighted by molar-refractivity contribution is 0.00578. The summed E-state index contributed by atoms with van der Waals surface area (Å²) in [5.41, 5.74) is 6.30. The molecule has 42 heavy (non-hydrogen) atoms. The van der Waals surface area contributed by atoms with Crippen LogP contribution in [0, 0.1) is 0 Å². The van der Waals surface area contributed by atoms with Crippen LogP contribution in [-0.2, 0) is 9.31 Å². The van der Waals surface area contributed by atoms with E-state index in [2.05, 4.69) is 140 Å². The summed E-state index contributed by atoms with van der Waals surface area (Å²) in [7, 11) is -0.432. The Balaban J connectivity index is 1.40. The van der Waals surface area contributed by atoms with Crippen LogP contribution in [0.1, 0.15) is 27.7 Å². The van der Waals surface area contributed by atoms with E-state index in [1.165, 1.54) is 53.7 Å². The summed E-state index contributed by atoms with van der Waals surface area (Å²) in [6, 6.07) is 37.4. The lowest BCUT2D eigenvalue weighted by Crippen LogP contribution is -2.41. The van der Waals surface area contributed by atoms with Crippen LogP contribution in [0.25, 0.3) is 55.0 Å². The predicted molar refractivity (Wildman–Crippen MR) is 175 cm³/mol. The van der Waals surface area contributed by atoms with Crippen molar-refractivity contribution >= 4 is 68.0 Å². The molecular weight excluding hydrogens is 535 g/mol. The molecule has 0 radical (unpaired) electrons. The number of aromatic nitrogens is 2. The van der Waals surface area contributed by atoms with Gasteiger partial charge in [0.2, 0.25) is 0 Å². The molecule has 0 bridgehead atoms. The highest BCUT2D eigenvalue weighted by atomic mass is 32.2. The standard InChI is InChI=1S/C36H29BN2O2S/c1-35(2)36(3,4)41-37(40-35)26-20-21-28(23-13-6-5-12-22(23)26)38-27-16-8-7-14-24(27)32-25-15-11-19-31-33(25)39(34(32)38)29-17-9-10-18-30(29)42-31/h5-21H,1-4H3. The molecule has 1 fully saturated rings. The third kappa shape index (κ3) is 3.12. The van der Waals surface area contributed by atoms with Crippen LogP contribution < -0.4 is 5.46 Å². The Labute approximate surface area is 249 Å². The van der Waals surface area contributed by atoms with Gasteiger partial charge < -0.3 is 9.31 Å². The maximum absolute atomic E-state index is 6.53. The van der Waals surface area contributed by atoms with Crippen molar-refractivity contribution in [3.63, 3.8) is 0 Å². The van der Waals surface area contributed by atoms with E-state index in [9.17, 15) is 0 Å². The molecule has 2 aliphatic heterocycles. The summed E-state index contributed by atoms with van der Waals surface area (Å²) in [4.78, 5) is 2.56. The molecule has 1 saturated heterocycles. The first-order valence-corrected chi connectivity index (χ1v) is 15.4. The molecule has 7 aromatic rings. The second-order valence-electron chi connectivity index (χ2n) is 12.4. The third-order valence-electron chi connectivity index (χ3n) is 9.56. The van der Waals surface area contributed by atoms with E-state index in [1.807, 2.05) is 11.8 Å². The van der Waals surface area contributed by atoms with Crippen LogP contribution in [0.3, 0.4) is 0 Å². The largest absolute Gasteiger partial charge is 0.495 e. The first-order valence-electron chi connectivity index (χ1n) is 14.6. The Morgan fingerprint density at radius 3 is 2.02 bits per heavy atom. The molecule has 0 aliphatic carbocycles. The lowest BCUT2D eigenvalue weighted by Gasteiger charge is -2.32. The fourth-order valence-electron chi connectivity index (χ4n) is 6.85. The zero-order chi connectivity index (χ0) is 28.4. The molecule has 4 nitrogen and oxygen atoms in total. The molecule has 0 saturated carbocycles. The summed E-state index contributed by atoms with van der Waals surface area (Å²) in [5, 5.41) is 6.16. The highest BCUT2D eigenvalue weighted by molar-refractivity contribution is 7.99. The molecule has 9 rings (SSSR count). The fourth-order valence-corrected chi connectivity index (χ4v) is 7.94. The predicted octanol–water partition coefficient (Wildman–Crippen LogP) is 8.64. The summed E-state index contributed by atoms with van der Waals surface area (Å²) >= 11 is 1.86. The van der Waals surface area contributed by atoms with Crippen molar-refractivity contribution in [3.05, 3.63) is 103 Å². The molecule has 0 amide bonds. The zero-order valence-electron chi connectivity index (χ0n) is 24.0. The Morgan fingerprint density at radius 1 is 0.571 bits per heavy atom. The molecule has 0 atom stereocenters. The van der Waals surface area contributed by atoms with Crippen molar-refractivity contribution < 1.29 is 9.31 Å². The minimum absolute atomic E-state index is 0.405. The van der Waals surface area contributed by atoms with Gasteiger partial charge in [0.1, 0.15) is 5.65 Å². The van der Waals surface area contributed by atoms with Crippen molar-refractivity contribution in [1.29, 1.82) is 0 Å². The van der Waals surface area contributed by atoms with Gasteiger partial charge in [-0.25, -0.2) is 0 Å². The van der Waals surface area contributed by atoms with Gasteiger partial charge in [-0.3, -0.25) is 9.13 Å². The summed E-state index contributed by atoms with van der Waals surface area (Å²) in [6.45, 7) is 8.44. The number of nitrogens with zero attached hydrogens (tertiary/aromatic N) is 2. The van der Waals surface area contributed by atoms with Crippen LogP contribution in [0.4, 0.5) is 0 Å². The molecule has 0 N–H and O–H groups in total. The third-order valence-corrected chi connectivity index (χ3v) is 10.7. The molecule has 204 valence electrons. The number of para-hydroxylation sites is 3. The van der Waals surface area contributed by atoms with Crippen molar-refractivity contribution in [2.24, 2.45) is 0 Å². The Bertz CT molecular complexity index is 2240. The van der Waals surface area contributed by atoms with E-state index < -0.39 is 18.3 Å². The maximum Gasteiger partial charge on any atom is 0.495 e. The van der Waals surface area contributed by atoms with E-state index >= 15 is 0 Å². The van der Waals surface area contributed by atoms with Gasteiger partial charge >= 0.3 is 7.12 Å². The first kappa shape index (κ1) is 24.6. The molecule has 0 spiro atoms. The van der Waals surface area contributed by atoms with Crippen molar-refractivity contribution in [2.45, 2.75) is 48.7 Å². The van der Waals surface area contributed by atoms with Gasteiger partial charge in [0, 0.05) is 31.3 Å². The molecule has 4 heterocycles. The summed E-state index contributed by atoms with van der Waals surface area (Å²) < 4.78 is 18.0. The number of fused-ring (bicyclic) bond motifs is 8. The normalized spacial score (nSPS) is 17.1. The number of benzene rings is 5. The van der Waals surface area contributed by atoms with Gasteiger partial charge in [0.15, 0.2) is 0 Å². The first-order chi connectivity index (χ1) is 20.3. The smallest absolute Gasteiger partial charge is 0.399 e. The quantitative estimate of drug-likeness (QED) is 0.197. The van der Waals surface area contributed by atoms with E-state index in [1.54, 1.807) is 0 Å². The molecular formula is C36H29BN2O2S. The van der Waals surface area contributed by atoms with E-state index in [-0.39, 0.29) is 0 Å². The Morgan fingerprint density at radius 2 is 1.21 bits per heavy atom.